The molecule has 0 aromatic heterocycles. The van der Waals surface area contributed by atoms with Crippen molar-refractivity contribution >= 4 is 25.5 Å². The molecule has 1 fully saturated rings. The van der Waals surface area contributed by atoms with Crippen molar-refractivity contribution in [1.82, 2.24) is 0 Å². The summed E-state index contributed by atoms with van der Waals surface area (Å²) in [6.45, 7) is 2.21. The maximum Gasteiger partial charge on any atom is 0.337 e. The lowest BCUT2D eigenvalue weighted by atomic mass is 10.0. The topological polar surface area (TPSA) is 83.6 Å². The van der Waals surface area contributed by atoms with Crippen LogP contribution in [0.5, 0.6) is 0 Å². The average Bonchev–Trinajstić information content (AvgIpc) is 3.37. The van der Waals surface area contributed by atoms with Crippen LogP contribution in [0, 0.1) is 5.92 Å². The molecule has 4 N–H and O–H groups in total. The molecule has 0 saturated heterocycles. The molecular formula is C21H27NO3S. The number of benzene rings is 2. The molecule has 1 aliphatic rings. The van der Waals surface area contributed by atoms with Crippen molar-refractivity contribution < 1.29 is 15.0 Å². The first-order chi connectivity index (χ1) is 12.0. The van der Waals surface area contributed by atoms with Crippen molar-refractivity contribution in [3.05, 3.63) is 77.4 Å². The van der Waals surface area contributed by atoms with Crippen molar-refractivity contribution in [3.63, 3.8) is 0 Å². The number of nitrogens with two attached hydrogens (primary N) is 1. The van der Waals surface area contributed by atoms with E-state index in [0.29, 0.717) is 17.5 Å². The summed E-state index contributed by atoms with van der Waals surface area (Å²) in [5, 5.41) is 17.4. The zero-order chi connectivity index (χ0) is 18.2. The summed E-state index contributed by atoms with van der Waals surface area (Å²) in [7, 11) is 0. The average molecular weight is 374 g/mol. The number of hydrogen-bond donors (Lipinski definition) is 3. The Bertz CT molecular complexity index is 704. The SMILES string of the molecule is CC/C(=C\c1ccccc1)[C@@H]1C[C@H]1N.O=C(O)[C@@H](O)c1ccccc1.S. The molecule has 0 unspecified atom stereocenters. The summed E-state index contributed by atoms with van der Waals surface area (Å²) in [6, 6.07) is 19.2. The molecule has 0 bridgehead atoms. The van der Waals surface area contributed by atoms with Crippen molar-refractivity contribution in [2.75, 3.05) is 0 Å². The van der Waals surface area contributed by atoms with Crippen molar-refractivity contribution in [2.45, 2.75) is 31.9 Å². The number of carboxylic acids is 1. The molecule has 2 aromatic rings. The molecule has 26 heavy (non-hydrogen) atoms. The molecule has 3 atom stereocenters. The highest BCUT2D eigenvalue weighted by Gasteiger charge is 2.35. The Hall–Kier alpha value is -2.08. The highest BCUT2D eigenvalue weighted by molar-refractivity contribution is 7.59. The van der Waals surface area contributed by atoms with E-state index in [1.54, 1.807) is 30.3 Å². The van der Waals surface area contributed by atoms with Crippen LogP contribution in [0.4, 0.5) is 0 Å². The minimum absolute atomic E-state index is 0. The van der Waals surface area contributed by atoms with E-state index in [0.717, 1.165) is 6.42 Å². The van der Waals surface area contributed by atoms with Gasteiger partial charge in [0.1, 0.15) is 0 Å². The number of rotatable bonds is 5. The minimum atomic E-state index is -1.41. The van der Waals surface area contributed by atoms with Crippen LogP contribution in [0.1, 0.15) is 37.0 Å². The van der Waals surface area contributed by atoms with E-state index in [4.69, 9.17) is 15.9 Å². The van der Waals surface area contributed by atoms with Crippen LogP contribution in [0.2, 0.25) is 0 Å². The Labute approximate surface area is 161 Å². The minimum Gasteiger partial charge on any atom is -0.479 e. The fourth-order valence-corrected chi connectivity index (χ4v) is 2.65. The summed E-state index contributed by atoms with van der Waals surface area (Å²) >= 11 is 0. The van der Waals surface area contributed by atoms with E-state index in [-0.39, 0.29) is 13.5 Å². The van der Waals surface area contributed by atoms with Gasteiger partial charge < -0.3 is 15.9 Å². The third kappa shape index (κ3) is 6.67. The predicted octanol–water partition coefficient (Wildman–Crippen LogP) is 3.74. The summed E-state index contributed by atoms with van der Waals surface area (Å²) < 4.78 is 0. The van der Waals surface area contributed by atoms with Gasteiger partial charge in [0.25, 0.3) is 0 Å². The first-order valence-corrected chi connectivity index (χ1v) is 8.49. The normalized spacial score (nSPS) is 19.4. The second kappa shape index (κ2) is 10.8. The van der Waals surface area contributed by atoms with Crippen LogP contribution in [0.3, 0.4) is 0 Å². The monoisotopic (exact) mass is 373 g/mol. The summed E-state index contributed by atoms with van der Waals surface area (Å²) in [5.74, 6) is -0.573. The molecule has 0 spiro atoms. The van der Waals surface area contributed by atoms with Gasteiger partial charge in [-0.15, -0.1) is 0 Å². The number of carbonyl (C=O) groups is 1. The standard InChI is InChI=1S/C13H17N.C8H8O3.H2S/c1-2-11(12-9-13(12)14)8-10-6-4-3-5-7-10;9-7(8(10)11)6-4-2-1-3-5-6;/h3-8,12-13H,2,9,14H2,1H3;1-5,7,9H,(H,10,11);1H2/b11-8+;;/t12-,13+;7-;/m00./s1. The van der Waals surface area contributed by atoms with Gasteiger partial charge in [-0.1, -0.05) is 79.2 Å². The molecule has 3 rings (SSSR count). The van der Waals surface area contributed by atoms with Gasteiger partial charge >= 0.3 is 5.97 Å². The lowest BCUT2D eigenvalue weighted by molar-refractivity contribution is -0.146. The van der Waals surface area contributed by atoms with E-state index in [1.807, 2.05) is 6.07 Å². The molecule has 2 aromatic carbocycles. The Kier molecular flexibility index (Phi) is 9.13. The predicted molar refractivity (Wildman–Crippen MR) is 110 cm³/mol. The van der Waals surface area contributed by atoms with Crippen LogP contribution in [-0.4, -0.2) is 22.2 Å². The van der Waals surface area contributed by atoms with Crippen molar-refractivity contribution in [2.24, 2.45) is 11.7 Å². The second-order valence-electron chi connectivity index (χ2n) is 6.14. The van der Waals surface area contributed by atoms with Gasteiger partial charge in [0, 0.05) is 6.04 Å². The van der Waals surface area contributed by atoms with Gasteiger partial charge in [0.05, 0.1) is 0 Å². The van der Waals surface area contributed by atoms with Crippen LogP contribution in [-0.2, 0) is 4.79 Å². The Morgan fingerprint density at radius 3 is 2.08 bits per heavy atom. The molecule has 140 valence electrons. The fourth-order valence-electron chi connectivity index (χ4n) is 2.65. The molecule has 4 nitrogen and oxygen atoms in total. The van der Waals surface area contributed by atoms with Crippen molar-refractivity contribution in [1.29, 1.82) is 0 Å². The van der Waals surface area contributed by atoms with Crippen LogP contribution >= 0.6 is 13.5 Å². The van der Waals surface area contributed by atoms with Crippen LogP contribution in [0.15, 0.2) is 66.2 Å². The molecule has 0 heterocycles. The van der Waals surface area contributed by atoms with Gasteiger partial charge in [-0.2, -0.15) is 13.5 Å². The quantitative estimate of drug-likeness (QED) is 0.745. The van der Waals surface area contributed by atoms with Gasteiger partial charge in [-0.05, 0) is 29.9 Å². The summed E-state index contributed by atoms with van der Waals surface area (Å²) in [5.41, 5.74) is 9.06. The number of aliphatic hydroxyl groups excluding tert-OH is 1. The molecule has 0 aliphatic heterocycles. The van der Waals surface area contributed by atoms with E-state index < -0.39 is 12.1 Å². The maximum atomic E-state index is 10.2. The van der Waals surface area contributed by atoms with E-state index in [2.05, 4.69) is 37.3 Å². The number of hydrogen-bond acceptors (Lipinski definition) is 3. The number of carboxylic acid groups (broad SMARTS) is 1. The van der Waals surface area contributed by atoms with Gasteiger partial charge in [0.15, 0.2) is 6.10 Å². The molecule has 1 saturated carbocycles. The second-order valence-corrected chi connectivity index (χ2v) is 6.14. The fraction of sp³-hybridized carbons (Fsp3) is 0.286. The molecule has 5 heteroatoms. The number of aliphatic hydroxyl groups is 1. The first-order valence-electron chi connectivity index (χ1n) is 8.49. The zero-order valence-corrected chi connectivity index (χ0v) is 15.9. The Morgan fingerprint density at radius 1 is 1.15 bits per heavy atom. The molecule has 1 aliphatic carbocycles. The third-order valence-corrected chi connectivity index (χ3v) is 4.23. The van der Waals surface area contributed by atoms with Crippen molar-refractivity contribution in [3.8, 4) is 0 Å². The molecule has 0 amide bonds. The molecular weight excluding hydrogens is 346 g/mol. The maximum absolute atomic E-state index is 10.2. The Balaban J connectivity index is 0.000000258. The smallest absolute Gasteiger partial charge is 0.337 e. The van der Waals surface area contributed by atoms with E-state index in [9.17, 15) is 4.79 Å². The lowest BCUT2D eigenvalue weighted by Crippen LogP contribution is -2.09. The zero-order valence-electron chi connectivity index (χ0n) is 14.9. The largest absolute Gasteiger partial charge is 0.479 e. The number of aliphatic carboxylic acids is 1. The molecule has 0 radical (unpaired) electrons. The van der Waals surface area contributed by atoms with Gasteiger partial charge in [-0.25, -0.2) is 4.79 Å². The summed E-state index contributed by atoms with van der Waals surface area (Å²) in [6.07, 6.45) is 3.17. The summed E-state index contributed by atoms with van der Waals surface area (Å²) in [4.78, 5) is 10.2. The third-order valence-electron chi connectivity index (χ3n) is 4.23. The first kappa shape index (κ1) is 22.0. The van der Waals surface area contributed by atoms with Crippen LogP contribution in [0.25, 0.3) is 6.08 Å². The highest BCUT2D eigenvalue weighted by atomic mass is 32.1. The van der Waals surface area contributed by atoms with Gasteiger partial charge in [-0.3, -0.25) is 0 Å². The van der Waals surface area contributed by atoms with Gasteiger partial charge in [0.2, 0.25) is 0 Å². The highest BCUT2D eigenvalue weighted by Crippen LogP contribution is 2.37. The lowest BCUT2D eigenvalue weighted by Gasteiger charge is -2.03. The van der Waals surface area contributed by atoms with E-state index in [1.165, 1.54) is 17.6 Å². The Morgan fingerprint density at radius 2 is 1.65 bits per heavy atom. The van der Waals surface area contributed by atoms with Crippen LogP contribution < -0.4 is 5.73 Å². The van der Waals surface area contributed by atoms with E-state index >= 15 is 0 Å².